The SMILES string of the molecule is Cc1[nH]c(=O)[nH]c1C(N)=O. The first-order valence-electron chi connectivity index (χ1n) is 2.70. The number of hydrogen-bond donors (Lipinski definition) is 3. The average Bonchev–Trinajstić information content (AvgIpc) is 2.10. The van der Waals surface area contributed by atoms with Crippen molar-refractivity contribution in [3.8, 4) is 0 Å². The summed E-state index contributed by atoms with van der Waals surface area (Å²) in [4.78, 5) is 25.6. The molecule has 10 heavy (non-hydrogen) atoms. The van der Waals surface area contributed by atoms with Gasteiger partial charge in [0.25, 0.3) is 5.91 Å². The minimum Gasteiger partial charge on any atom is -0.364 e. The van der Waals surface area contributed by atoms with Gasteiger partial charge in [-0.3, -0.25) is 4.79 Å². The van der Waals surface area contributed by atoms with Crippen LogP contribution in [-0.2, 0) is 0 Å². The van der Waals surface area contributed by atoms with Crippen molar-refractivity contribution in [1.29, 1.82) is 0 Å². The summed E-state index contributed by atoms with van der Waals surface area (Å²) in [6.45, 7) is 1.60. The smallest absolute Gasteiger partial charge is 0.323 e. The molecule has 54 valence electrons. The molecule has 1 amide bonds. The summed E-state index contributed by atoms with van der Waals surface area (Å²) < 4.78 is 0. The summed E-state index contributed by atoms with van der Waals surface area (Å²) in [5.74, 6) is -0.629. The highest BCUT2D eigenvalue weighted by Crippen LogP contribution is 1.93. The first-order chi connectivity index (χ1) is 4.61. The zero-order chi connectivity index (χ0) is 7.72. The second kappa shape index (κ2) is 2.02. The third-order valence-corrected chi connectivity index (χ3v) is 1.16. The van der Waals surface area contributed by atoms with Gasteiger partial charge in [0.1, 0.15) is 5.69 Å². The van der Waals surface area contributed by atoms with E-state index in [-0.39, 0.29) is 5.69 Å². The van der Waals surface area contributed by atoms with Crippen LogP contribution >= 0.6 is 0 Å². The fraction of sp³-hybridized carbons (Fsp3) is 0.200. The molecular formula is C5H7N3O2. The molecule has 0 bridgehead atoms. The van der Waals surface area contributed by atoms with Crippen molar-refractivity contribution in [2.45, 2.75) is 6.92 Å². The minimum absolute atomic E-state index is 0.144. The topological polar surface area (TPSA) is 91.7 Å². The second-order valence-electron chi connectivity index (χ2n) is 1.94. The summed E-state index contributed by atoms with van der Waals surface area (Å²) >= 11 is 0. The van der Waals surface area contributed by atoms with Crippen molar-refractivity contribution < 1.29 is 4.79 Å². The molecule has 0 fully saturated rings. The molecular weight excluding hydrogens is 134 g/mol. The number of nitrogens with one attached hydrogen (secondary N) is 2. The van der Waals surface area contributed by atoms with Gasteiger partial charge in [-0.2, -0.15) is 0 Å². The molecule has 0 atom stereocenters. The Morgan fingerprint density at radius 2 is 2.10 bits per heavy atom. The molecule has 0 aromatic carbocycles. The molecule has 4 N–H and O–H groups in total. The number of carbonyl (C=O) groups excluding carboxylic acids is 1. The number of rotatable bonds is 1. The van der Waals surface area contributed by atoms with Crippen LogP contribution in [0.3, 0.4) is 0 Å². The van der Waals surface area contributed by atoms with Gasteiger partial charge in [0.05, 0.1) is 0 Å². The molecule has 0 aliphatic heterocycles. The van der Waals surface area contributed by atoms with Crippen molar-refractivity contribution in [3.63, 3.8) is 0 Å². The van der Waals surface area contributed by atoms with E-state index in [1.54, 1.807) is 6.92 Å². The highest BCUT2D eigenvalue weighted by Gasteiger charge is 2.06. The summed E-state index contributed by atoms with van der Waals surface area (Å²) in [5.41, 5.74) is 5.10. The van der Waals surface area contributed by atoms with Crippen molar-refractivity contribution in [2.75, 3.05) is 0 Å². The first-order valence-corrected chi connectivity index (χ1v) is 2.70. The quantitative estimate of drug-likeness (QED) is 0.473. The van der Waals surface area contributed by atoms with Gasteiger partial charge in [-0.05, 0) is 6.92 Å². The number of aryl methyl sites for hydroxylation is 1. The van der Waals surface area contributed by atoms with Gasteiger partial charge in [-0.1, -0.05) is 0 Å². The molecule has 0 aliphatic carbocycles. The minimum atomic E-state index is -0.629. The average molecular weight is 141 g/mol. The lowest BCUT2D eigenvalue weighted by molar-refractivity contribution is 0.0995. The number of primary amides is 1. The number of carbonyl (C=O) groups is 1. The fourth-order valence-electron chi connectivity index (χ4n) is 0.718. The van der Waals surface area contributed by atoms with E-state index in [0.717, 1.165) is 0 Å². The van der Waals surface area contributed by atoms with Crippen LogP contribution < -0.4 is 11.4 Å². The number of aromatic amines is 2. The third-order valence-electron chi connectivity index (χ3n) is 1.16. The van der Waals surface area contributed by atoms with Gasteiger partial charge in [0, 0.05) is 5.69 Å². The Morgan fingerprint density at radius 1 is 1.50 bits per heavy atom. The fourth-order valence-corrected chi connectivity index (χ4v) is 0.718. The number of imidazole rings is 1. The Balaban J connectivity index is 3.28. The normalized spacial score (nSPS) is 9.70. The highest BCUT2D eigenvalue weighted by atomic mass is 16.2. The van der Waals surface area contributed by atoms with E-state index >= 15 is 0 Å². The molecule has 5 nitrogen and oxygen atoms in total. The van der Waals surface area contributed by atoms with E-state index in [9.17, 15) is 9.59 Å². The summed E-state index contributed by atoms with van der Waals surface area (Å²) in [6.07, 6.45) is 0. The Kier molecular flexibility index (Phi) is 1.33. The largest absolute Gasteiger partial charge is 0.364 e. The van der Waals surface area contributed by atoms with Gasteiger partial charge in [-0.15, -0.1) is 0 Å². The number of aromatic nitrogens is 2. The molecule has 0 aliphatic rings. The van der Waals surface area contributed by atoms with Crippen LogP contribution in [0.5, 0.6) is 0 Å². The van der Waals surface area contributed by atoms with E-state index in [0.29, 0.717) is 5.69 Å². The lowest BCUT2D eigenvalue weighted by atomic mass is 10.3. The lowest BCUT2D eigenvalue weighted by Crippen LogP contribution is -2.14. The summed E-state index contributed by atoms with van der Waals surface area (Å²) in [6, 6.07) is 0. The number of H-pyrrole nitrogens is 2. The maximum Gasteiger partial charge on any atom is 0.323 e. The van der Waals surface area contributed by atoms with Crippen LogP contribution in [0.1, 0.15) is 16.2 Å². The molecule has 5 heteroatoms. The second-order valence-corrected chi connectivity index (χ2v) is 1.94. The maximum absolute atomic E-state index is 10.5. The molecule has 1 aromatic rings. The van der Waals surface area contributed by atoms with Gasteiger partial charge >= 0.3 is 5.69 Å². The zero-order valence-corrected chi connectivity index (χ0v) is 5.39. The van der Waals surface area contributed by atoms with E-state index < -0.39 is 11.6 Å². The molecule has 0 saturated heterocycles. The third kappa shape index (κ3) is 0.928. The lowest BCUT2D eigenvalue weighted by Gasteiger charge is -1.87. The maximum atomic E-state index is 10.5. The van der Waals surface area contributed by atoms with Crippen LogP contribution in [0.4, 0.5) is 0 Å². The Hall–Kier alpha value is -1.52. The van der Waals surface area contributed by atoms with Crippen molar-refractivity contribution >= 4 is 5.91 Å². The van der Waals surface area contributed by atoms with E-state index in [4.69, 9.17) is 5.73 Å². The van der Waals surface area contributed by atoms with Crippen LogP contribution in [0, 0.1) is 6.92 Å². The summed E-state index contributed by atoms with van der Waals surface area (Å²) in [5, 5.41) is 0. The van der Waals surface area contributed by atoms with Crippen molar-refractivity contribution in [3.05, 3.63) is 21.9 Å². The molecule has 0 radical (unpaired) electrons. The predicted octanol–water partition coefficient (Wildman–Crippen LogP) is -0.890. The van der Waals surface area contributed by atoms with E-state index in [2.05, 4.69) is 9.97 Å². The first kappa shape index (κ1) is 6.60. The molecule has 0 spiro atoms. The van der Waals surface area contributed by atoms with Gasteiger partial charge in [0.2, 0.25) is 0 Å². The number of hydrogen-bond acceptors (Lipinski definition) is 2. The van der Waals surface area contributed by atoms with Crippen LogP contribution in [0.25, 0.3) is 0 Å². The van der Waals surface area contributed by atoms with Crippen LogP contribution in [-0.4, -0.2) is 15.9 Å². The van der Waals surface area contributed by atoms with Crippen LogP contribution in [0.2, 0.25) is 0 Å². The predicted molar refractivity (Wildman–Crippen MR) is 34.7 cm³/mol. The highest BCUT2D eigenvalue weighted by molar-refractivity contribution is 5.91. The van der Waals surface area contributed by atoms with Crippen molar-refractivity contribution in [1.82, 2.24) is 9.97 Å². The molecule has 0 saturated carbocycles. The monoisotopic (exact) mass is 141 g/mol. The molecule has 0 unspecified atom stereocenters. The Labute approximate surface area is 56.3 Å². The Morgan fingerprint density at radius 3 is 2.30 bits per heavy atom. The zero-order valence-electron chi connectivity index (χ0n) is 5.39. The number of amides is 1. The molecule has 1 rings (SSSR count). The van der Waals surface area contributed by atoms with E-state index in [1.165, 1.54) is 0 Å². The standard InChI is InChI=1S/C5H7N3O2/c1-2-3(4(6)9)8-5(10)7-2/h1H3,(H2,6,9)(H2,7,8,10). The van der Waals surface area contributed by atoms with E-state index in [1.807, 2.05) is 0 Å². The molecule has 1 heterocycles. The number of nitrogens with two attached hydrogens (primary N) is 1. The van der Waals surface area contributed by atoms with Gasteiger partial charge in [0.15, 0.2) is 0 Å². The van der Waals surface area contributed by atoms with Gasteiger partial charge in [-0.25, -0.2) is 4.79 Å². The van der Waals surface area contributed by atoms with Crippen molar-refractivity contribution in [2.24, 2.45) is 5.73 Å². The molecule has 1 aromatic heterocycles. The summed E-state index contributed by atoms with van der Waals surface area (Å²) in [7, 11) is 0. The van der Waals surface area contributed by atoms with Gasteiger partial charge < -0.3 is 15.7 Å². The van der Waals surface area contributed by atoms with Crippen LogP contribution in [0.15, 0.2) is 4.79 Å². The Bertz CT molecular complexity index is 309.